The van der Waals surface area contributed by atoms with E-state index in [1.54, 1.807) is 26.2 Å². The molecule has 3 nitrogen and oxygen atoms in total. The molecule has 0 spiro atoms. The van der Waals surface area contributed by atoms with Gasteiger partial charge in [-0.3, -0.25) is 0 Å². The molecule has 1 aromatic carbocycles. The number of benzene rings is 1. The van der Waals surface area contributed by atoms with Crippen LogP contribution in [0.25, 0.3) is 0 Å². The van der Waals surface area contributed by atoms with Gasteiger partial charge in [0.2, 0.25) is 10.0 Å². The lowest BCUT2D eigenvalue weighted by Gasteiger charge is -2.22. The van der Waals surface area contributed by atoms with Crippen LogP contribution >= 0.6 is 0 Å². The van der Waals surface area contributed by atoms with Crippen LogP contribution < -0.4 is 0 Å². The van der Waals surface area contributed by atoms with E-state index < -0.39 is 10.0 Å². The van der Waals surface area contributed by atoms with Crippen LogP contribution in [0.5, 0.6) is 0 Å². The molecule has 1 saturated carbocycles. The topological polar surface area (TPSA) is 37.4 Å². The molecule has 100 valence electrons. The van der Waals surface area contributed by atoms with Crippen LogP contribution in [0.4, 0.5) is 0 Å². The molecular formula is C14H21NO2S. The second kappa shape index (κ2) is 5.41. The highest BCUT2D eigenvalue weighted by atomic mass is 32.2. The third-order valence-electron chi connectivity index (χ3n) is 3.74. The summed E-state index contributed by atoms with van der Waals surface area (Å²) in [6, 6.07) is 7.43. The van der Waals surface area contributed by atoms with Crippen molar-refractivity contribution in [3.63, 3.8) is 0 Å². The van der Waals surface area contributed by atoms with Gasteiger partial charge >= 0.3 is 0 Å². The quantitative estimate of drug-likeness (QED) is 0.844. The van der Waals surface area contributed by atoms with E-state index in [4.69, 9.17) is 0 Å². The number of hydrogen-bond donors (Lipinski definition) is 0. The van der Waals surface area contributed by atoms with E-state index in [9.17, 15) is 8.42 Å². The van der Waals surface area contributed by atoms with Gasteiger partial charge in [-0.2, -0.15) is 0 Å². The highest BCUT2D eigenvalue weighted by molar-refractivity contribution is 7.89. The maximum atomic E-state index is 11.9. The number of sulfonamides is 1. The Morgan fingerprint density at radius 3 is 2.06 bits per heavy atom. The van der Waals surface area contributed by atoms with Gasteiger partial charge in [0, 0.05) is 14.1 Å². The summed E-state index contributed by atoms with van der Waals surface area (Å²) in [6.45, 7) is 0. The van der Waals surface area contributed by atoms with Gasteiger partial charge in [-0.05, 0) is 36.5 Å². The largest absolute Gasteiger partial charge is 0.242 e. The van der Waals surface area contributed by atoms with Crippen molar-refractivity contribution in [2.75, 3.05) is 14.1 Å². The zero-order chi connectivity index (χ0) is 13.2. The van der Waals surface area contributed by atoms with Crippen molar-refractivity contribution in [2.24, 2.45) is 0 Å². The minimum absolute atomic E-state index is 0.382. The van der Waals surface area contributed by atoms with Crippen molar-refractivity contribution in [3.05, 3.63) is 29.8 Å². The maximum absolute atomic E-state index is 11.9. The lowest BCUT2D eigenvalue weighted by Crippen LogP contribution is -2.22. The van der Waals surface area contributed by atoms with Gasteiger partial charge < -0.3 is 0 Å². The Labute approximate surface area is 110 Å². The van der Waals surface area contributed by atoms with Crippen molar-refractivity contribution in [1.29, 1.82) is 0 Å². The van der Waals surface area contributed by atoms with Gasteiger partial charge in [0.25, 0.3) is 0 Å². The first-order valence-corrected chi connectivity index (χ1v) is 7.98. The van der Waals surface area contributed by atoms with Crippen LogP contribution in [-0.2, 0) is 10.0 Å². The average molecular weight is 267 g/mol. The van der Waals surface area contributed by atoms with Gasteiger partial charge in [-0.25, -0.2) is 12.7 Å². The Kier molecular flexibility index (Phi) is 4.07. The Balaban J connectivity index is 2.20. The van der Waals surface area contributed by atoms with Gasteiger partial charge in [0.05, 0.1) is 4.90 Å². The zero-order valence-corrected chi connectivity index (χ0v) is 11.9. The summed E-state index contributed by atoms with van der Waals surface area (Å²) in [5.41, 5.74) is 1.28. The smallest absolute Gasteiger partial charge is 0.207 e. The monoisotopic (exact) mass is 267 g/mol. The lowest BCUT2D eigenvalue weighted by molar-refractivity contribution is 0.443. The predicted octanol–water partition coefficient (Wildman–Crippen LogP) is 2.98. The molecule has 1 aliphatic carbocycles. The van der Waals surface area contributed by atoms with Gasteiger partial charge in [-0.15, -0.1) is 0 Å². The maximum Gasteiger partial charge on any atom is 0.242 e. The van der Waals surface area contributed by atoms with E-state index in [1.165, 1.54) is 42.0 Å². The second-order valence-electron chi connectivity index (χ2n) is 5.19. The molecule has 0 amide bonds. The summed E-state index contributed by atoms with van der Waals surface area (Å²) in [6.07, 6.45) is 6.40. The molecule has 18 heavy (non-hydrogen) atoms. The first-order valence-electron chi connectivity index (χ1n) is 6.54. The van der Waals surface area contributed by atoms with E-state index in [0.29, 0.717) is 10.8 Å². The molecule has 2 rings (SSSR count). The zero-order valence-electron chi connectivity index (χ0n) is 11.1. The molecule has 0 bridgehead atoms. The fourth-order valence-electron chi connectivity index (χ4n) is 2.56. The van der Waals surface area contributed by atoms with Gasteiger partial charge in [0.1, 0.15) is 0 Å². The SMILES string of the molecule is CN(C)S(=O)(=O)c1ccc(C2CCCCC2)cc1. The van der Waals surface area contributed by atoms with Crippen molar-refractivity contribution >= 4 is 10.0 Å². The van der Waals surface area contributed by atoms with E-state index in [1.807, 2.05) is 12.1 Å². The third-order valence-corrected chi connectivity index (χ3v) is 5.56. The fourth-order valence-corrected chi connectivity index (χ4v) is 3.46. The number of rotatable bonds is 3. The van der Waals surface area contributed by atoms with Crippen LogP contribution in [-0.4, -0.2) is 26.8 Å². The van der Waals surface area contributed by atoms with E-state index >= 15 is 0 Å². The van der Waals surface area contributed by atoms with Crippen LogP contribution in [0.2, 0.25) is 0 Å². The highest BCUT2D eigenvalue weighted by Crippen LogP contribution is 2.32. The molecule has 0 heterocycles. The molecule has 0 radical (unpaired) electrons. The molecule has 0 unspecified atom stereocenters. The molecule has 1 aromatic rings. The van der Waals surface area contributed by atoms with Crippen molar-refractivity contribution in [1.82, 2.24) is 4.31 Å². The van der Waals surface area contributed by atoms with E-state index in [2.05, 4.69) is 0 Å². The Bertz CT molecular complexity index is 485. The highest BCUT2D eigenvalue weighted by Gasteiger charge is 2.19. The van der Waals surface area contributed by atoms with Crippen molar-refractivity contribution in [2.45, 2.75) is 42.9 Å². The molecule has 0 atom stereocenters. The standard InChI is InChI=1S/C14H21NO2S/c1-15(2)18(16,17)14-10-8-13(9-11-14)12-6-4-3-5-7-12/h8-12H,3-7H2,1-2H3. The summed E-state index contributed by atoms with van der Waals surface area (Å²) in [5.74, 6) is 0.620. The summed E-state index contributed by atoms with van der Waals surface area (Å²) < 4.78 is 25.1. The predicted molar refractivity (Wildman–Crippen MR) is 73.1 cm³/mol. The normalized spacial score (nSPS) is 18.2. The van der Waals surface area contributed by atoms with Crippen LogP contribution in [0.1, 0.15) is 43.6 Å². The van der Waals surface area contributed by atoms with Crippen LogP contribution in [0.3, 0.4) is 0 Å². The summed E-state index contributed by atoms with van der Waals surface area (Å²) in [7, 11) is -0.171. The van der Waals surface area contributed by atoms with E-state index in [0.717, 1.165) is 0 Å². The van der Waals surface area contributed by atoms with Crippen molar-refractivity contribution in [3.8, 4) is 0 Å². The molecule has 1 aliphatic rings. The van der Waals surface area contributed by atoms with Gasteiger partial charge in [0.15, 0.2) is 0 Å². The van der Waals surface area contributed by atoms with Crippen LogP contribution in [0, 0.1) is 0 Å². The second-order valence-corrected chi connectivity index (χ2v) is 7.34. The molecule has 0 aliphatic heterocycles. The Morgan fingerprint density at radius 1 is 1.00 bits per heavy atom. The fraction of sp³-hybridized carbons (Fsp3) is 0.571. The first-order chi connectivity index (χ1) is 8.51. The molecule has 4 heteroatoms. The minimum atomic E-state index is -3.29. The summed E-state index contributed by atoms with van der Waals surface area (Å²) in [5, 5.41) is 0. The van der Waals surface area contributed by atoms with E-state index in [-0.39, 0.29) is 0 Å². The Morgan fingerprint density at radius 2 is 1.56 bits per heavy atom. The van der Waals surface area contributed by atoms with Crippen molar-refractivity contribution < 1.29 is 8.42 Å². The average Bonchev–Trinajstić information content (AvgIpc) is 2.40. The Hall–Kier alpha value is -0.870. The molecule has 0 N–H and O–H groups in total. The third kappa shape index (κ3) is 2.75. The van der Waals surface area contributed by atoms with Gasteiger partial charge in [-0.1, -0.05) is 31.4 Å². The summed E-state index contributed by atoms with van der Waals surface area (Å²) >= 11 is 0. The minimum Gasteiger partial charge on any atom is -0.207 e. The number of nitrogens with zero attached hydrogens (tertiary/aromatic N) is 1. The first kappa shape index (κ1) is 13.6. The summed E-state index contributed by atoms with van der Waals surface area (Å²) in [4.78, 5) is 0.382. The molecule has 0 saturated heterocycles. The van der Waals surface area contributed by atoms with Crippen LogP contribution in [0.15, 0.2) is 29.2 Å². The molecule has 1 fully saturated rings. The lowest BCUT2D eigenvalue weighted by atomic mass is 9.84. The molecular weight excluding hydrogens is 246 g/mol. The number of hydrogen-bond acceptors (Lipinski definition) is 2. The molecule has 0 aromatic heterocycles.